The Labute approximate surface area is 160 Å². The molecule has 11 nitrogen and oxygen atoms in total. The van der Waals surface area contributed by atoms with Crippen molar-refractivity contribution >= 4 is 18.0 Å². The second-order valence-corrected chi connectivity index (χ2v) is 6.64. The van der Waals surface area contributed by atoms with Crippen molar-refractivity contribution in [2.45, 2.75) is 50.7 Å². The highest BCUT2D eigenvalue weighted by Crippen LogP contribution is 2.07. The Bertz CT molecular complexity index is 469. The summed E-state index contributed by atoms with van der Waals surface area (Å²) in [6, 6.07) is -0.830. The van der Waals surface area contributed by atoms with Crippen molar-refractivity contribution in [1.82, 2.24) is 31.7 Å². The van der Waals surface area contributed by atoms with Crippen LogP contribution in [0.3, 0.4) is 0 Å². The first kappa shape index (κ1) is 22.9. The number of likely N-dealkylation sites (N-methyl/N-ethyl adjacent to an activating group) is 1. The summed E-state index contributed by atoms with van der Waals surface area (Å²) in [6.45, 7) is 1.83. The fraction of sp³-hybridized carbons (Fsp3) is 0.812. The van der Waals surface area contributed by atoms with Crippen molar-refractivity contribution in [3.63, 3.8) is 0 Å². The average Bonchev–Trinajstić information content (AvgIpc) is 2.63. The molecule has 1 saturated heterocycles. The van der Waals surface area contributed by atoms with Gasteiger partial charge in [-0.1, -0.05) is 6.42 Å². The zero-order valence-corrected chi connectivity index (χ0v) is 16.0. The number of amides is 5. The molecule has 5 amide bonds. The lowest BCUT2D eigenvalue weighted by molar-refractivity contribution is -0.120. The van der Waals surface area contributed by atoms with Crippen LogP contribution in [0.1, 0.15) is 38.5 Å². The maximum Gasteiger partial charge on any atom is 0.360 e. The maximum atomic E-state index is 11.8. The van der Waals surface area contributed by atoms with E-state index in [0.29, 0.717) is 26.1 Å². The molecule has 1 atom stereocenters. The number of piperidine rings is 1. The zero-order chi connectivity index (χ0) is 20.1. The lowest BCUT2D eigenvalue weighted by atomic mass is 10.1. The molecule has 0 saturated carbocycles. The van der Waals surface area contributed by atoms with Gasteiger partial charge in [0.15, 0.2) is 0 Å². The Morgan fingerprint density at radius 1 is 1.19 bits per heavy atom. The summed E-state index contributed by atoms with van der Waals surface area (Å²) < 4.78 is 0. The fourth-order valence-electron chi connectivity index (χ4n) is 2.66. The number of unbranched alkanes of at least 4 members (excludes halogenated alkanes) is 2. The maximum absolute atomic E-state index is 11.8. The number of carbonyl (C=O) groups excluding carboxylic acids is 3. The van der Waals surface area contributed by atoms with Gasteiger partial charge in [-0.25, -0.2) is 15.0 Å². The standard InChI is InChI=1S/C16H33N8O3/c1-19-11-14(25)21-13(18)5-3-2-4-8-20-15(26)22-23-16(27)24-9-6-12(17)7-10-24/h12-13,19H,2-11,17-18H2,1H3,(H,21,25)(H2,20,22,26)/t13-/m0/s1. The van der Waals surface area contributed by atoms with Gasteiger partial charge in [-0.05, 0) is 39.2 Å². The van der Waals surface area contributed by atoms with Crippen LogP contribution in [0, 0.1) is 0 Å². The highest BCUT2D eigenvalue weighted by Gasteiger charge is 2.21. The van der Waals surface area contributed by atoms with E-state index in [1.54, 1.807) is 11.9 Å². The number of nitrogens with two attached hydrogens (primary N) is 2. The third-order valence-corrected chi connectivity index (χ3v) is 4.22. The summed E-state index contributed by atoms with van der Waals surface area (Å²) in [4.78, 5) is 36.4. The van der Waals surface area contributed by atoms with Crippen LogP contribution in [-0.2, 0) is 4.79 Å². The van der Waals surface area contributed by atoms with Crippen molar-refractivity contribution in [3.05, 3.63) is 0 Å². The molecule has 1 fully saturated rings. The molecule has 0 aromatic carbocycles. The topological polar surface area (TPSA) is 169 Å². The van der Waals surface area contributed by atoms with Crippen LogP contribution in [0.4, 0.5) is 9.59 Å². The summed E-state index contributed by atoms with van der Waals surface area (Å²) in [5.41, 5.74) is 17.4. The smallest absolute Gasteiger partial charge is 0.340 e. The number of likely N-dealkylation sites (tertiary alicyclic amines) is 1. The highest BCUT2D eigenvalue weighted by atomic mass is 16.2. The number of hydrogen-bond donors (Lipinski definition) is 6. The molecule has 8 N–H and O–H groups in total. The Balaban J connectivity index is 1.99. The van der Waals surface area contributed by atoms with Gasteiger partial charge in [-0.3, -0.25) is 4.79 Å². The molecule has 0 aliphatic carbocycles. The van der Waals surface area contributed by atoms with E-state index >= 15 is 0 Å². The van der Waals surface area contributed by atoms with Gasteiger partial charge in [0.25, 0.3) is 0 Å². The molecular weight excluding hydrogens is 352 g/mol. The number of urea groups is 2. The van der Waals surface area contributed by atoms with E-state index < -0.39 is 12.1 Å². The van der Waals surface area contributed by atoms with E-state index in [1.165, 1.54) is 0 Å². The van der Waals surface area contributed by atoms with Gasteiger partial charge in [-0.15, -0.1) is 5.43 Å². The molecule has 1 rings (SSSR count). The van der Waals surface area contributed by atoms with Gasteiger partial charge in [0, 0.05) is 25.7 Å². The average molecular weight is 385 g/mol. The molecule has 1 aliphatic rings. The summed E-state index contributed by atoms with van der Waals surface area (Å²) in [5.74, 6) is -0.131. The second kappa shape index (κ2) is 13.1. The Hall–Kier alpha value is -2.11. The Morgan fingerprint density at radius 3 is 2.56 bits per heavy atom. The van der Waals surface area contributed by atoms with Gasteiger partial charge >= 0.3 is 12.1 Å². The lowest BCUT2D eigenvalue weighted by Gasteiger charge is -2.29. The number of rotatable bonds is 9. The van der Waals surface area contributed by atoms with Crippen molar-refractivity contribution in [3.8, 4) is 0 Å². The molecule has 1 heterocycles. The third-order valence-electron chi connectivity index (χ3n) is 4.22. The number of nitrogens with one attached hydrogen (secondary N) is 4. The van der Waals surface area contributed by atoms with Crippen LogP contribution >= 0.6 is 0 Å². The molecule has 0 aromatic heterocycles. The molecule has 1 aliphatic heterocycles. The van der Waals surface area contributed by atoms with Crippen molar-refractivity contribution < 1.29 is 14.4 Å². The first-order chi connectivity index (χ1) is 12.9. The minimum absolute atomic E-state index is 0.129. The van der Waals surface area contributed by atoms with Crippen LogP contribution in [0.25, 0.3) is 0 Å². The minimum Gasteiger partial charge on any atom is -0.340 e. The van der Waals surface area contributed by atoms with Crippen molar-refractivity contribution in [2.24, 2.45) is 11.5 Å². The van der Waals surface area contributed by atoms with Crippen LogP contribution in [0.2, 0.25) is 0 Å². The van der Waals surface area contributed by atoms with Crippen LogP contribution in [-0.4, -0.2) is 68.3 Å². The van der Waals surface area contributed by atoms with Gasteiger partial charge in [0.05, 0.1) is 12.7 Å². The summed E-state index contributed by atoms with van der Waals surface area (Å²) >= 11 is 0. The largest absolute Gasteiger partial charge is 0.360 e. The molecule has 0 aromatic rings. The molecular formula is C16H33N8O3. The molecule has 0 unspecified atom stereocenters. The molecule has 1 radical (unpaired) electrons. The Kier molecular flexibility index (Phi) is 11.1. The molecule has 11 heteroatoms. The normalized spacial score (nSPS) is 15.7. The number of carbonyl (C=O) groups is 3. The van der Waals surface area contributed by atoms with Gasteiger partial charge in [-0.2, -0.15) is 0 Å². The van der Waals surface area contributed by atoms with Gasteiger partial charge in [0.2, 0.25) is 5.91 Å². The Morgan fingerprint density at radius 2 is 1.89 bits per heavy atom. The van der Waals surface area contributed by atoms with Gasteiger partial charge in [0.1, 0.15) is 0 Å². The first-order valence-corrected chi connectivity index (χ1v) is 9.41. The SMILES string of the molecule is CNCC(=O)N[C@H](N)CCCCCNC(=O)N[N]C(=O)N1CCC(N)CC1. The summed E-state index contributed by atoms with van der Waals surface area (Å²) in [5, 5.41) is 8.08. The number of nitrogens with zero attached hydrogens (tertiary/aromatic N) is 2. The summed E-state index contributed by atoms with van der Waals surface area (Å²) in [7, 11) is 1.70. The van der Waals surface area contributed by atoms with Crippen LogP contribution in [0.5, 0.6) is 0 Å². The first-order valence-electron chi connectivity index (χ1n) is 9.41. The van der Waals surface area contributed by atoms with Gasteiger partial charge < -0.3 is 32.3 Å². The summed E-state index contributed by atoms with van der Waals surface area (Å²) in [6.07, 6.45) is 4.26. The fourth-order valence-corrected chi connectivity index (χ4v) is 2.66. The van der Waals surface area contributed by atoms with E-state index in [9.17, 15) is 14.4 Å². The third kappa shape index (κ3) is 10.6. The lowest BCUT2D eigenvalue weighted by Crippen LogP contribution is -2.50. The van der Waals surface area contributed by atoms with E-state index in [4.69, 9.17) is 11.5 Å². The van der Waals surface area contributed by atoms with E-state index in [0.717, 1.165) is 32.1 Å². The molecule has 155 valence electrons. The van der Waals surface area contributed by atoms with Crippen LogP contribution < -0.4 is 38.3 Å². The number of hydrogen-bond acceptors (Lipinski definition) is 6. The predicted octanol–water partition coefficient (Wildman–Crippen LogP) is -1.47. The van der Waals surface area contributed by atoms with E-state index in [-0.39, 0.29) is 24.7 Å². The highest BCUT2D eigenvalue weighted by molar-refractivity contribution is 5.80. The van der Waals surface area contributed by atoms with E-state index in [1.807, 2.05) is 0 Å². The second-order valence-electron chi connectivity index (χ2n) is 6.64. The van der Waals surface area contributed by atoms with Crippen molar-refractivity contribution in [2.75, 3.05) is 33.2 Å². The monoisotopic (exact) mass is 385 g/mol. The quantitative estimate of drug-likeness (QED) is 0.161. The van der Waals surface area contributed by atoms with E-state index in [2.05, 4.69) is 26.8 Å². The molecule has 0 bridgehead atoms. The predicted molar refractivity (Wildman–Crippen MR) is 101 cm³/mol. The van der Waals surface area contributed by atoms with Crippen molar-refractivity contribution in [1.29, 1.82) is 0 Å². The minimum atomic E-state index is -0.506. The molecule has 0 spiro atoms. The van der Waals surface area contributed by atoms with Crippen LogP contribution in [0.15, 0.2) is 0 Å². The zero-order valence-electron chi connectivity index (χ0n) is 16.0. The molecule has 27 heavy (non-hydrogen) atoms.